The molecule has 24 heteroatoms. The van der Waals surface area contributed by atoms with Gasteiger partial charge in [0, 0.05) is 19.5 Å². The van der Waals surface area contributed by atoms with Crippen molar-refractivity contribution in [1.82, 2.24) is 26.2 Å². The summed E-state index contributed by atoms with van der Waals surface area (Å²) in [7, 11) is -4.78. The number of carboxylic acid groups (broad SMARTS) is 1. The van der Waals surface area contributed by atoms with Crippen LogP contribution in [0.4, 0.5) is 0 Å². The molecule has 22 nitrogen and oxygen atoms in total. The summed E-state index contributed by atoms with van der Waals surface area (Å²) in [6, 6.07) is -1.79. The highest BCUT2D eigenvalue weighted by molar-refractivity contribution is 7.98. The Balaban J connectivity index is 2.20. The molecule has 0 aromatic heterocycles. The minimum atomic E-state index is -4.78. The predicted octanol–water partition coefficient (Wildman–Crippen LogP) is -2.87. The number of carboxylic acids is 1. The Morgan fingerprint density at radius 1 is 0.930 bits per heavy atom. The number of amides is 6. The number of benzene rings is 1. The molecule has 1 aliphatic heterocycles. The number of hydrogen-bond donors (Lipinski definition) is 11. The lowest BCUT2D eigenvalue weighted by atomic mass is 10.0. The third-order valence-electron chi connectivity index (χ3n) is 8.63. The molecule has 0 spiro atoms. The van der Waals surface area contributed by atoms with E-state index in [1.54, 1.807) is 6.26 Å². The fourth-order valence-corrected chi connectivity index (χ4v) is 6.57. The minimum absolute atomic E-state index is 0.0289. The van der Waals surface area contributed by atoms with E-state index < -0.39 is 85.5 Å². The van der Waals surface area contributed by atoms with E-state index in [1.165, 1.54) is 47.9 Å². The molecule has 1 saturated heterocycles. The van der Waals surface area contributed by atoms with E-state index >= 15 is 0 Å². The fraction of sp³-hybridized carbons (Fsp3) is 0.576. The number of nitrogens with one attached hydrogen (secondary N) is 4. The highest BCUT2D eigenvalue weighted by Gasteiger charge is 2.39. The summed E-state index contributed by atoms with van der Waals surface area (Å²) < 4.78 is 15.6. The first-order chi connectivity index (χ1) is 26.7. The molecule has 57 heavy (non-hydrogen) atoms. The normalized spacial score (nSPS) is 16.5. The monoisotopic (exact) mass is 844 g/mol. The van der Waals surface area contributed by atoms with Crippen molar-refractivity contribution in [2.75, 3.05) is 25.1 Å². The highest BCUT2D eigenvalue weighted by atomic mass is 32.2. The number of hydrogen-bond acceptors (Lipinski definition) is 12. The largest absolute Gasteiger partial charge is 0.524 e. The molecule has 0 bridgehead atoms. The van der Waals surface area contributed by atoms with Gasteiger partial charge in [0.1, 0.15) is 36.0 Å². The zero-order valence-electron chi connectivity index (χ0n) is 31.6. The molecule has 6 atom stereocenters. The Morgan fingerprint density at radius 3 is 2.16 bits per heavy atom. The Labute approximate surface area is 333 Å². The first kappa shape index (κ1) is 48.2. The second-order valence-electron chi connectivity index (χ2n) is 13.2. The lowest BCUT2D eigenvalue weighted by Gasteiger charge is -2.30. The molecule has 0 unspecified atom stereocenters. The molecule has 0 radical (unpaired) electrons. The first-order valence-electron chi connectivity index (χ1n) is 17.9. The van der Waals surface area contributed by atoms with Crippen LogP contribution in [0, 0.1) is 0 Å². The molecule has 1 aromatic carbocycles. The van der Waals surface area contributed by atoms with Crippen LogP contribution in [-0.2, 0) is 44.5 Å². The number of rotatable bonds is 24. The molecule has 15 N–H and O–H groups in total. The molecule has 1 aromatic rings. The van der Waals surface area contributed by atoms with Crippen LogP contribution in [0.2, 0.25) is 0 Å². The number of aliphatic imine (C=N–C) groups is 1. The van der Waals surface area contributed by atoms with Gasteiger partial charge >= 0.3 is 13.8 Å². The predicted molar refractivity (Wildman–Crippen MR) is 208 cm³/mol. The summed E-state index contributed by atoms with van der Waals surface area (Å²) in [6.07, 6.45) is 2.16. The van der Waals surface area contributed by atoms with Gasteiger partial charge in [0.05, 0.1) is 6.04 Å². The van der Waals surface area contributed by atoms with E-state index in [4.69, 9.17) is 32.7 Å². The van der Waals surface area contributed by atoms with Crippen LogP contribution in [0.3, 0.4) is 0 Å². The van der Waals surface area contributed by atoms with E-state index in [1.807, 2.05) is 0 Å². The maximum Gasteiger partial charge on any atom is 0.524 e. The lowest BCUT2D eigenvalue weighted by molar-refractivity contribution is -0.142. The SMILES string of the molecule is CSCC[C@H](NC(=O)[C@H](C)NC(=O)[C@H](CCC(N)=O)NC(=O)[C@@H]1CCCN1C(=O)[C@H](CCCN=C(N)N)NC(=O)[C@@H](N)Cc1ccc(OP(=O)(O)O)cc1)C(=O)O. The average molecular weight is 845 g/mol. The van der Waals surface area contributed by atoms with Gasteiger partial charge in [-0.05, 0) is 81.6 Å². The molecular weight excluding hydrogens is 791 g/mol. The fourth-order valence-electron chi connectivity index (χ4n) is 5.71. The van der Waals surface area contributed by atoms with Gasteiger partial charge in [0.25, 0.3) is 0 Å². The lowest BCUT2D eigenvalue weighted by Crippen LogP contribution is -2.58. The standard InChI is InChI=1S/C33H53N10O12PS/c1-18(27(45)42-24(32(50)51)13-16-57-2)39-29(47)22(11-12-26(35)44)40-30(48)25-6-4-15-43(25)31(49)23(5-3-14-38-33(36)37)41-28(46)21(34)17-19-7-9-20(10-8-19)55-56(52,53)54/h7-10,18,21-25H,3-6,11-17,34H2,1-2H3,(H2,35,44)(H,39,47)(H,40,48)(H,41,46)(H,42,45)(H,50,51)(H4,36,37,38)(H2,52,53,54)/t18-,21-,22-,23-,24-,25-/m0/s1. The summed E-state index contributed by atoms with van der Waals surface area (Å²) in [5.41, 5.74) is 22.8. The molecular formula is C33H53N10O12PS. The van der Waals surface area contributed by atoms with Crippen molar-refractivity contribution in [1.29, 1.82) is 0 Å². The van der Waals surface area contributed by atoms with Crippen LogP contribution in [0.5, 0.6) is 5.75 Å². The molecule has 2 rings (SSSR count). The molecule has 318 valence electrons. The summed E-state index contributed by atoms with van der Waals surface area (Å²) >= 11 is 1.39. The van der Waals surface area contributed by atoms with Crippen molar-refractivity contribution in [3.63, 3.8) is 0 Å². The van der Waals surface area contributed by atoms with Gasteiger partial charge < -0.3 is 58.7 Å². The third kappa shape index (κ3) is 17.4. The zero-order chi connectivity index (χ0) is 42.9. The van der Waals surface area contributed by atoms with Crippen molar-refractivity contribution < 1.29 is 57.5 Å². The summed E-state index contributed by atoms with van der Waals surface area (Å²) in [4.78, 5) is 113. The smallest absolute Gasteiger partial charge is 0.480 e. The second kappa shape index (κ2) is 23.3. The van der Waals surface area contributed by atoms with Crippen LogP contribution < -0.4 is 48.7 Å². The number of carbonyl (C=O) groups is 7. The van der Waals surface area contributed by atoms with Crippen molar-refractivity contribution in [3.8, 4) is 5.75 Å². The van der Waals surface area contributed by atoms with Crippen LogP contribution in [0.15, 0.2) is 29.3 Å². The van der Waals surface area contributed by atoms with E-state index in [2.05, 4.69) is 30.8 Å². The highest BCUT2D eigenvalue weighted by Crippen LogP contribution is 2.37. The number of thioether (sulfide) groups is 1. The van der Waals surface area contributed by atoms with Crippen LogP contribution >= 0.6 is 19.6 Å². The molecule has 6 amide bonds. The van der Waals surface area contributed by atoms with Gasteiger partial charge in [0.2, 0.25) is 35.4 Å². The van der Waals surface area contributed by atoms with Crippen molar-refractivity contribution in [3.05, 3.63) is 29.8 Å². The average Bonchev–Trinajstić information content (AvgIpc) is 3.62. The first-order valence-corrected chi connectivity index (χ1v) is 20.8. The Bertz CT molecular complexity index is 1660. The summed E-state index contributed by atoms with van der Waals surface area (Å²) in [5.74, 6) is -5.60. The quantitative estimate of drug-likeness (QED) is 0.0216. The van der Waals surface area contributed by atoms with E-state index in [9.17, 15) is 43.2 Å². The number of carbonyl (C=O) groups excluding carboxylic acids is 6. The van der Waals surface area contributed by atoms with Crippen molar-refractivity contribution in [2.24, 2.45) is 27.9 Å². The van der Waals surface area contributed by atoms with Gasteiger partial charge in [0.15, 0.2) is 5.96 Å². The van der Waals surface area contributed by atoms with E-state index in [-0.39, 0.29) is 69.7 Å². The number of guanidine groups is 1. The molecule has 0 aliphatic carbocycles. The van der Waals surface area contributed by atoms with Gasteiger partial charge in [-0.15, -0.1) is 0 Å². The third-order valence-corrected chi connectivity index (χ3v) is 9.72. The van der Waals surface area contributed by atoms with Gasteiger partial charge in [-0.25, -0.2) is 9.36 Å². The summed E-state index contributed by atoms with van der Waals surface area (Å²) in [5, 5.41) is 19.4. The van der Waals surface area contributed by atoms with Gasteiger partial charge in [-0.3, -0.25) is 43.5 Å². The second-order valence-corrected chi connectivity index (χ2v) is 15.4. The molecule has 1 heterocycles. The number of primary amides is 1. The number of phosphoric ester groups is 1. The number of nitrogens with zero attached hydrogens (tertiary/aromatic N) is 2. The van der Waals surface area contributed by atoms with Crippen molar-refractivity contribution in [2.45, 2.75) is 94.5 Å². The Kier molecular flexibility index (Phi) is 19.7. The maximum atomic E-state index is 14.0. The number of likely N-dealkylation sites (tertiary alicyclic amines) is 1. The number of nitrogens with two attached hydrogens (primary N) is 4. The number of aliphatic carboxylic acids is 1. The minimum Gasteiger partial charge on any atom is -0.480 e. The van der Waals surface area contributed by atoms with Gasteiger partial charge in [-0.1, -0.05) is 12.1 Å². The molecule has 1 aliphatic rings. The van der Waals surface area contributed by atoms with Crippen LogP contribution in [-0.4, -0.2) is 129 Å². The van der Waals surface area contributed by atoms with E-state index in [0.29, 0.717) is 17.7 Å². The number of phosphoric acid groups is 1. The molecule has 1 fully saturated rings. The van der Waals surface area contributed by atoms with Crippen molar-refractivity contribution >= 4 is 67.0 Å². The van der Waals surface area contributed by atoms with E-state index in [0.717, 1.165) is 0 Å². The van der Waals surface area contributed by atoms with Crippen LogP contribution in [0.1, 0.15) is 57.4 Å². The maximum absolute atomic E-state index is 14.0. The Morgan fingerprint density at radius 2 is 1.58 bits per heavy atom. The zero-order valence-corrected chi connectivity index (χ0v) is 33.3. The molecule has 0 saturated carbocycles. The topological polar surface area (TPSA) is 374 Å². The Hall–Kier alpha value is -4.96. The summed E-state index contributed by atoms with van der Waals surface area (Å²) in [6.45, 7) is 1.55. The van der Waals surface area contributed by atoms with Gasteiger partial charge in [-0.2, -0.15) is 11.8 Å². The van der Waals surface area contributed by atoms with Crippen LogP contribution in [0.25, 0.3) is 0 Å².